The molecule has 0 unspecified atom stereocenters. The summed E-state index contributed by atoms with van der Waals surface area (Å²) in [4.78, 5) is 26.7. The average molecular weight is 325 g/mol. The maximum atomic E-state index is 12.4. The van der Waals surface area contributed by atoms with Crippen LogP contribution in [0.15, 0.2) is 0 Å². The fraction of sp³-hybridized carbons (Fsp3) is 0.882. The van der Waals surface area contributed by atoms with Crippen LogP contribution in [0.3, 0.4) is 0 Å². The van der Waals surface area contributed by atoms with E-state index in [1.165, 1.54) is 0 Å². The zero-order valence-corrected chi connectivity index (χ0v) is 14.6. The molecule has 132 valence electrons. The fourth-order valence-electron chi connectivity index (χ4n) is 2.86. The van der Waals surface area contributed by atoms with Crippen molar-refractivity contribution in [2.45, 2.75) is 52.1 Å². The zero-order valence-electron chi connectivity index (χ0n) is 14.6. The summed E-state index contributed by atoms with van der Waals surface area (Å²) in [7, 11) is 0. The van der Waals surface area contributed by atoms with Gasteiger partial charge in [0.05, 0.1) is 13.2 Å². The minimum Gasteiger partial charge on any atom is -0.379 e. The Bertz CT molecular complexity index is 404. The summed E-state index contributed by atoms with van der Waals surface area (Å²) in [5, 5.41) is 5.95. The summed E-state index contributed by atoms with van der Waals surface area (Å²) < 4.78 is 5.37. The number of amides is 2. The van der Waals surface area contributed by atoms with E-state index in [0.717, 1.165) is 52.1 Å². The van der Waals surface area contributed by atoms with Crippen LogP contribution in [-0.4, -0.2) is 61.6 Å². The van der Waals surface area contributed by atoms with E-state index in [9.17, 15) is 9.59 Å². The van der Waals surface area contributed by atoms with Crippen molar-refractivity contribution in [3.63, 3.8) is 0 Å². The van der Waals surface area contributed by atoms with E-state index in [4.69, 9.17) is 4.74 Å². The highest BCUT2D eigenvalue weighted by molar-refractivity contribution is 5.88. The number of nitrogens with zero attached hydrogens (tertiary/aromatic N) is 1. The lowest BCUT2D eigenvalue weighted by atomic mass is 9.84. The Morgan fingerprint density at radius 1 is 1.13 bits per heavy atom. The lowest BCUT2D eigenvalue weighted by Gasteiger charge is -2.33. The Hall–Kier alpha value is -1.14. The molecule has 2 amide bonds. The summed E-state index contributed by atoms with van der Waals surface area (Å²) in [5.41, 5.74) is 0. The first kappa shape index (κ1) is 18.2. The minimum atomic E-state index is -0.478. The number of carbonyl (C=O) groups is 2. The molecular formula is C17H31N3O3. The smallest absolute Gasteiger partial charge is 0.242 e. The van der Waals surface area contributed by atoms with Crippen molar-refractivity contribution < 1.29 is 14.3 Å². The zero-order chi connectivity index (χ0) is 16.8. The molecular weight excluding hydrogens is 294 g/mol. The largest absolute Gasteiger partial charge is 0.379 e. The van der Waals surface area contributed by atoms with Crippen LogP contribution in [0.4, 0.5) is 0 Å². The molecule has 0 aromatic carbocycles. The topological polar surface area (TPSA) is 70.7 Å². The van der Waals surface area contributed by atoms with Crippen molar-refractivity contribution in [1.29, 1.82) is 0 Å². The lowest BCUT2D eigenvalue weighted by Crippen LogP contribution is -2.54. The number of rotatable bonds is 7. The van der Waals surface area contributed by atoms with E-state index < -0.39 is 6.04 Å². The van der Waals surface area contributed by atoms with Gasteiger partial charge in [0.25, 0.3) is 0 Å². The van der Waals surface area contributed by atoms with Crippen LogP contribution in [0.1, 0.15) is 40.0 Å². The van der Waals surface area contributed by atoms with Crippen LogP contribution >= 0.6 is 0 Å². The molecule has 2 atom stereocenters. The van der Waals surface area contributed by atoms with Crippen molar-refractivity contribution in [2.75, 3.05) is 32.8 Å². The minimum absolute atomic E-state index is 0.0215. The highest BCUT2D eigenvalue weighted by atomic mass is 16.5. The van der Waals surface area contributed by atoms with Crippen molar-refractivity contribution in [3.8, 4) is 0 Å². The van der Waals surface area contributed by atoms with Gasteiger partial charge in [0.2, 0.25) is 11.8 Å². The maximum Gasteiger partial charge on any atom is 0.242 e. The number of carbonyl (C=O) groups excluding carboxylic acids is 2. The number of ether oxygens (including phenoxy) is 1. The predicted octanol–water partition coefficient (Wildman–Crippen LogP) is 0.764. The second kappa shape index (κ2) is 8.64. The molecule has 1 saturated carbocycles. The average Bonchev–Trinajstić information content (AvgIpc) is 2.45. The fourth-order valence-corrected chi connectivity index (χ4v) is 2.86. The third kappa shape index (κ3) is 5.46. The molecule has 6 heteroatoms. The number of morpholine rings is 1. The van der Waals surface area contributed by atoms with Gasteiger partial charge in [-0.1, -0.05) is 20.3 Å². The van der Waals surface area contributed by atoms with Gasteiger partial charge in [-0.3, -0.25) is 14.5 Å². The van der Waals surface area contributed by atoms with E-state index >= 15 is 0 Å². The van der Waals surface area contributed by atoms with E-state index in [0.29, 0.717) is 5.92 Å². The molecule has 1 saturated heterocycles. The Balaban J connectivity index is 1.79. The first-order chi connectivity index (χ1) is 11.0. The van der Waals surface area contributed by atoms with E-state index in [1.807, 2.05) is 0 Å². The van der Waals surface area contributed by atoms with Gasteiger partial charge < -0.3 is 15.4 Å². The van der Waals surface area contributed by atoms with Crippen LogP contribution in [0.5, 0.6) is 0 Å². The maximum absolute atomic E-state index is 12.4. The first-order valence-electron chi connectivity index (χ1n) is 8.88. The summed E-state index contributed by atoms with van der Waals surface area (Å²) in [6.07, 6.45) is 3.02. The van der Waals surface area contributed by atoms with E-state index in [-0.39, 0.29) is 23.8 Å². The van der Waals surface area contributed by atoms with E-state index in [2.05, 4.69) is 29.4 Å². The molecule has 0 aromatic heterocycles. The van der Waals surface area contributed by atoms with Gasteiger partial charge in [-0.25, -0.2) is 0 Å². The molecule has 1 heterocycles. The van der Waals surface area contributed by atoms with Gasteiger partial charge in [-0.2, -0.15) is 0 Å². The summed E-state index contributed by atoms with van der Waals surface area (Å²) in [6, 6.07) is -0.391. The molecule has 1 aliphatic carbocycles. The molecule has 0 spiro atoms. The van der Waals surface area contributed by atoms with Crippen LogP contribution < -0.4 is 10.6 Å². The number of hydrogen-bond acceptors (Lipinski definition) is 4. The molecule has 2 rings (SSSR count). The van der Waals surface area contributed by atoms with Crippen LogP contribution in [0, 0.1) is 11.8 Å². The Morgan fingerprint density at radius 3 is 2.30 bits per heavy atom. The summed E-state index contributed by atoms with van der Waals surface area (Å²) in [6.45, 7) is 10.2. The molecule has 2 N–H and O–H groups in total. The third-order valence-corrected chi connectivity index (χ3v) is 4.92. The standard InChI is InChI=1S/C17H31N3O3/c1-12(2)15(11-20-7-9-23-10-8-20)19-16(21)13(3)18-17(22)14-5-4-6-14/h12-15H,4-11H2,1-3H3,(H,18,22)(H,19,21)/t13-,15-/m1/s1. The molecule has 0 aromatic rings. The van der Waals surface area contributed by atoms with Gasteiger partial charge >= 0.3 is 0 Å². The highest BCUT2D eigenvalue weighted by Gasteiger charge is 2.29. The van der Waals surface area contributed by atoms with Crippen molar-refractivity contribution in [1.82, 2.24) is 15.5 Å². The quantitative estimate of drug-likeness (QED) is 0.725. The number of hydrogen-bond donors (Lipinski definition) is 2. The molecule has 1 aliphatic heterocycles. The van der Waals surface area contributed by atoms with Gasteiger partial charge in [-0.05, 0) is 25.7 Å². The van der Waals surface area contributed by atoms with Crippen molar-refractivity contribution in [2.24, 2.45) is 11.8 Å². The Morgan fingerprint density at radius 2 is 1.78 bits per heavy atom. The molecule has 0 bridgehead atoms. The molecule has 0 radical (unpaired) electrons. The predicted molar refractivity (Wildman–Crippen MR) is 89.0 cm³/mol. The first-order valence-corrected chi connectivity index (χ1v) is 8.88. The SMILES string of the molecule is CC(C)[C@@H](CN1CCOCC1)NC(=O)[C@@H](C)NC(=O)C1CCC1. The van der Waals surface area contributed by atoms with E-state index in [1.54, 1.807) is 6.92 Å². The molecule has 2 fully saturated rings. The normalized spacial score (nSPS) is 22.3. The van der Waals surface area contributed by atoms with Crippen LogP contribution in [0.2, 0.25) is 0 Å². The van der Waals surface area contributed by atoms with Gasteiger partial charge in [0, 0.05) is 31.6 Å². The molecule has 2 aliphatic rings. The Kier molecular flexibility index (Phi) is 6.84. The Labute approximate surface area is 139 Å². The van der Waals surface area contributed by atoms with Crippen LogP contribution in [-0.2, 0) is 14.3 Å². The molecule has 23 heavy (non-hydrogen) atoms. The van der Waals surface area contributed by atoms with Crippen molar-refractivity contribution in [3.05, 3.63) is 0 Å². The second-order valence-electron chi connectivity index (χ2n) is 7.13. The summed E-state index contributed by atoms with van der Waals surface area (Å²) >= 11 is 0. The lowest BCUT2D eigenvalue weighted by molar-refractivity contribution is -0.132. The van der Waals surface area contributed by atoms with Gasteiger partial charge in [-0.15, -0.1) is 0 Å². The van der Waals surface area contributed by atoms with Crippen LogP contribution in [0.25, 0.3) is 0 Å². The number of nitrogens with one attached hydrogen (secondary N) is 2. The third-order valence-electron chi connectivity index (χ3n) is 4.92. The second-order valence-corrected chi connectivity index (χ2v) is 7.13. The highest BCUT2D eigenvalue weighted by Crippen LogP contribution is 2.26. The van der Waals surface area contributed by atoms with Crippen molar-refractivity contribution >= 4 is 11.8 Å². The molecule has 6 nitrogen and oxygen atoms in total. The van der Waals surface area contributed by atoms with Gasteiger partial charge in [0.1, 0.15) is 6.04 Å². The monoisotopic (exact) mass is 325 g/mol. The van der Waals surface area contributed by atoms with Gasteiger partial charge in [0.15, 0.2) is 0 Å². The summed E-state index contributed by atoms with van der Waals surface area (Å²) in [5.74, 6) is 0.383.